The molecule has 3 aromatic rings. The maximum Gasteiger partial charge on any atom is 0.256 e. The van der Waals surface area contributed by atoms with Crippen LogP contribution in [-0.4, -0.2) is 31.7 Å². The molecule has 4 rings (SSSR count). The summed E-state index contributed by atoms with van der Waals surface area (Å²) in [7, 11) is -3.51. The van der Waals surface area contributed by atoms with Crippen LogP contribution in [0.5, 0.6) is 0 Å². The van der Waals surface area contributed by atoms with Gasteiger partial charge in [0.25, 0.3) is 5.91 Å². The molecular weight excluding hydrogens is 436 g/mol. The van der Waals surface area contributed by atoms with Gasteiger partial charge in [-0.2, -0.15) is 4.31 Å². The van der Waals surface area contributed by atoms with E-state index in [1.54, 1.807) is 60.7 Å². The second-order valence-electron chi connectivity index (χ2n) is 7.02. The fourth-order valence-electron chi connectivity index (χ4n) is 3.54. The van der Waals surface area contributed by atoms with Gasteiger partial charge in [-0.25, -0.2) is 8.42 Å². The molecule has 2 heterocycles. The van der Waals surface area contributed by atoms with Gasteiger partial charge in [0.2, 0.25) is 10.0 Å². The number of sulfonamides is 1. The molecule has 31 heavy (non-hydrogen) atoms. The molecule has 0 saturated heterocycles. The van der Waals surface area contributed by atoms with Crippen molar-refractivity contribution in [3.05, 3.63) is 70.9 Å². The molecule has 0 spiro atoms. The molecule has 0 unspecified atom stereocenters. The summed E-state index contributed by atoms with van der Waals surface area (Å²) in [6, 6.07) is 15.4. The molecular formula is C23H21ClN2O4S. The summed E-state index contributed by atoms with van der Waals surface area (Å²) in [5.74, 6) is 0.873. The fourth-order valence-corrected chi connectivity index (χ4v) is 5.17. The largest absolute Gasteiger partial charge is 0.457 e. The molecule has 0 bridgehead atoms. The highest BCUT2D eigenvalue weighted by atomic mass is 35.5. The topological polar surface area (TPSA) is 79.6 Å². The molecule has 8 heteroatoms. The second-order valence-corrected chi connectivity index (χ2v) is 9.39. The number of hydrogen-bond acceptors (Lipinski definition) is 4. The normalized spacial score (nSPS) is 14.8. The summed E-state index contributed by atoms with van der Waals surface area (Å²) in [4.78, 5) is 12.6. The fraction of sp³-hybridized carbons (Fsp3) is 0.174. The average Bonchev–Trinajstić information content (AvgIpc) is 3.33. The Hall–Kier alpha value is -2.87. The van der Waals surface area contributed by atoms with Crippen molar-refractivity contribution in [1.29, 1.82) is 0 Å². The van der Waals surface area contributed by atoms with E-state index in [0.29, 0.717) is 40.9 Å². The summed E-state index contributed by atoms with van der Waals surface area (Å²) in [5, 5.41) is 3.34. The lowest BCUT2D eigenvalue weighted by Gasteiger charge is -2.18. The van der Waals surface area contributed by atoms with Gasteiger partial charge in [-0.3, -0.25) is 4.79 Å². The molecule has 160 valence electrons. The number of carbonyl (C=O) groups excluding carboxylic acids is 1. The molecule has 1 aliphatic heterocycles. The number of benzene rings is 2. The molecule has 0 fully saturated rings. The summed E-state index contributed by atoms with van der Waals surface area (Å²) < 4.78 is 32.6. The first kappa shape index (κ1) is 21.4. The van der Waals surface area contributed by atoms with Gasteiger partial charge in [-0.15, -0.1) is 0 Å². The van der Waals surface area contributed by atoms with E-state index in [-0.39, 0.29) is 10.8 Å². The van der Waals surface area contributed by atoms with Crippen LogP contribution in [0.4, 0.5) is 5.69 Å². The van der Waals surface area contributed by atoms with Crippen molar-refractivity contribution in [3.63, 3.8) is 0 Å². The number of nitrogens with one attached hydrogen (secondary N) is 1. The lowest BCUT2D eigenvalue weighted by atomic mass is 10.1. The van der Waals surface area contributed by atoms with Crippen LogP contribution in [0.15, 0.2) is 63.9 Å². The first-order valence-corrected chi connectivity index (χ1v) is 11.7. The monoisotopic (exact) mass is 456 g/mol. The van der Waals surface area contributed by atoms with Crippen molar-refractivity contribution in [3.8, 4) is 11.3 Å². The summed E-state index contributed by atoms with van der Waals surface area (Å²) >= 11 is 5.99. The highest BCUT2D eigenvalue weighted by molar-refractivity contribution is 7.89. The lowest BCUT2D eigenvalue weighted by Crippen LogP contribution is -2.30. The van der Waals surface area contributed by atoms with E-state index in [1.165, 1.54) is 4.31 Å². The molecule has 1 amide bonds. The molecule has 0 radical (unpaired) electrons. The number of fused-ring (bicyclic) bond motifs is 1. The summed E-state index contributed by atoms with van der Waals surface area (Å²) in [5.41, 5.74) is 2.67. The van der Waals surface area contributed by atoms with E-state index in [9.17, 15) is 13.2 Å². The van der Waals surface area contributed by atoms with Gasteiger partial charge in [0.1, 0.15) is 11.5 Å². The predicted octanol–water partition coefficient (Wildman–Crippen LogP) is 5.12. The van der Waals surface area contributed by atoms with Crippen molar-refractivity contribution < 1.29 is 17.6 Å². The van der Waals surface area contributed by atoms with E-state index < -0.39 is 10.0 Å². The number of anilines is 1. The van der Waals surface area contributed by atoms with Crippen LogP contribution in [0.1, 0.15) is 25.2 Å². The second kappa shape index (κ2) is 8.34. The highest BCUT2D eigenvalue weighted by Gasteiger charge is 2.25. The zero-order chi connectivity index (χ0) is 22.2. The Morgan fingerprint density at radius 2 is 1.74 bits per heavy atom. The summed E-state index contributed by atoms with van der Waals surface area (Å²) in [6.45, 7) is 4.46. The van der Waals surface area contributed by atoms with E-state index >= 15 is 0 Å². The number of hydrogen-bond donors (Lipinski definition) is 1. The van der Waals surface area contributed by atoms with Gasteiger partial charge in [0, 0.05) is 29.2 Å². The minimum absolute atomic E-state index is 0.221. The Morgan fingerprint density at radius 3 is 2.42 bits per heavy atom. The van der Waals surface area contributed by atoms with Crippen LogP contribution in [-0.2, 0) is 14.8 Å². The Kier molecular flexibility index (Phi) is 5.75. The maximum atomic E-state index is 12.6. The van der Waals surface area contributed by atoms with Crippen LogP contribution in [0, 0.1) is 0 Å². The highest BCUT2D eigenvalue weighted by Crippen LogP contribution is 2.35. The number of nitrogens with zero attached hydrogens (tertiary/aromatic N) is 1. The van der Waals surface area contributed by atoms with Gasteiger partial charge in [0.05, 0.1) is 16.2 Å². The van der Waals surface area contributed by atoms with Crippen LogP contribution in [0.2, 0.25) is 5.02 Å². The van der Waals surface area contributed by atoms with Crippen molar-refractivity contribution >= 4 is 44.9 Å². The van der Waals surface area contributed by atoms with Gasteiger partial charge in [-0.1, -0.05) is 31.5 Å². The van der Waals surface area contributed by atoms with Crippen LogP contribution >= 0.6 is 11.6 Å². The van der Waals surface area contributed by atoms with E-state index in [4.69, 9.17) is 16.0 Å². The lowest BCUT2D eigenvalue weighted by molar-refractivity contribution is -0.110. The van der Waals surface area contributed by atoms with Gasteiger partial charge < -0.3 is 9.73 Å². The zero-order valence-electron chi connectivity index (χ0n) is 17.1. The smallest absolute Gasteiger partial charge is 0.256 e. The third kappa shape index (κ3) is 4.04. The molecule has 2 aromatic carbocycles. The standard InChI is InChI=1S/C23H21ClN2O4S/c1-3-26(4-2)31(28,29)18-9-5-15(6-10-18)22-12-8-17(30-22)14-20-19-11-7-16(24)13-21(19)25-23(20)27/h5-14H,3-4H2,1-2H3,(H,25,27). The van der Waals surface area contributed by atoms with Crippen LogP contribution < -0.4 is 5.32 Å². The number of rotatable bonds is 6. The van der Waals surface area contributed by atoms with E-state index in [1.807, 2.05) is 13.8 Å². The Bertz CT molecular complexity index is 1270. The Balaban J connectivity index is 1.60. The van der Waals surface area contributed by atoms with Crippen LogP contribution in [0.25, 0.3) is 23.0 Å². The minimum atomic E-state index is -3.51. The Morgan fingerprint density at radius 1 is 1.03 bits per heavy atom. The van der Waals surface area contributed by atoms with E-state index in [2.05, 4.69) is 5.32 Å². The molecule has 1 aliphatic rings. The molecule has 0 aliphatic carbocycles. The maximum absolute atomic E-state index is 12.6. The minimum Gasteiger partial charge on any atom is -0.457 e. The SMILES string of the molecule is CCN(CC)S(=O)(=O)c1ccc(-c2ccc(C=C3C(=O)Nc4cc(Cl)ccc43)o2)cc1. The predicted molar refractivity (Wildman–Crippen MR) is 122 cm³/mol. The van der Waals surface area contributed by atoms with Crippen molar-refractivity contribution in [1.82, 2.24) is 4.31 Å². The third-order valence-electron chi connectivity index (χ3n) is 5.16. The van der Waals surface area contributed by atoms with Gasteiger partial charge in [0.15, 0.2) is 0 Å². The summed E-state index contributed by atoms with van der Waals surface area (Å²) in [6.07, 6.45) is 1.68. The molecule has 1 N–H and O–H groups in total. The molecule has 1 aromatic heterocycles. The third-order valence-corrected chi connectivity index (χ3v) is 7.46. The van der Waals surface area contributed by atoms with Crippen LogP contribution in [0.3, 0.4) is 0 Å². The molecule has 6 nitrogen and oxygen atoms in total. The van der Waals surface area contributed by atoms with Gasteiger partial charge in [-0.05, 0) is 54.6 Å². The quantitative estimate of drug-likeness (QED) is 0.522. The molecule has 0 atom stereocenters. The zero-order valence-corrected chi connectivity index (χ0v) is 18.6. The average molecular weight is 457 g/mol. The first-order chi connectivity index (χ1) is 14.8. The Labute approximate surface area is 186 Å². The van der Waals surface area contributed by atoms with E-state index in [0.717, 1.165) is 11.1 Å². The number of amides is 1. The number of carbonyl (C=O) groups is 1. The van der Waals surface area contributed by atoms with Crippen molar-refractivity contribution in [2.24, 2.45) is 0 Å². The van der Waals surface area contributed by atoms with Gasteiger partial charge >= 0.3 is 0 Å². The number of furan rings is 1. The first-order valence-electron chi connectivity index (χ1n) is 9.87. The van der Waals surface area contributed by atoms with Crippen molar-refractivity contribution in [2.75, 3.05) is 18.4 Å². The van der Waals surface area contributed by atoms with Crippen molar-refractivity contribution in [2.45, 2.75) is 18.7 Å². The number of halogens is 1. The molecule has 0 saturated carbocycles.